The van der Waals surface area contributed by atoms with Crippen LogP contribution in [0.25, 0.3) is 85.0 Å². The molecule has 0 bridgehead atoms. The molecule has 0 radical (unpaired) electrons. The molecule has 12 aromatic rings. The van der Waals surface area contributed by atoms with Crippen molar-refractivity contribution in [3.05, 3.63) is 210 Å². The Balaban J connectivity index is 0.000000118. The Bertz CT molecular complexity index is 5090. The van der Waals surface area contributed by atoms with Gasteiger partial charge < -0.3 is 38.6 Å². The molecule has 0 spiro atoms. The van der Waals surface area contributed by atoms with Gasteiger partial charge in [-0.15, -0.1) is 25.5 Å². The van der Waals surface area contributed by atoms with Gasteiger partial charge in [-0.05, 0) is 237 Å². The number of benzene rings is 6. The van der Waals surface area contributed by atoms with Crippen LogP contribution in [0, 0.1) is 53.2 Å². The topological polar surface area (TPSA) is 192 Å². The molecule has 0 aliphatic carbocycles. The maximum atomic E-state index is 13.4. The summed E-state index contributed by atoms with van der Waals surface area (Å²) in [7, 11) is 4.32. The van der Waals surface area contributed by atoms with Gasteiger partial charge in [-0.2, -0.15) is 15.2 Å². The van der Waals surface area contributed by atoms with Crippen molar-refractivity contribution >= 4 is 17.1 Å². The molecule has 1 N–H and O–H groups in total. The highest BCUT2D eigenvalue weighted by molar-refractivity contribution is 5.76. The minimum atomic E-state index is -0.234. The molecule has 3 atom stereocenters. The number of tetrazole rings is 1. The Hall–Kier alpha value is -11.3. The summed E-state index contributed by atoms with van der Waals surface area (Å²) in [5, 5.41) is 52.1. The van der Waals surface area contributed by atoms with Crippen LogP contribution in [0.2, 0.25) is 0 Å². The number of hydrogen-bond acceptors (Lipinski definition) is 14. The van der Waals surface area contributed by atoms with E-state index in [2.05, 4.69) is 215 Å². The summed E-state index contributed by atoms with van der Waals surface area (Å²) in [5.41, 5.74) is 21.6. The van der Waals surface area contributed by atoms with Gasteiger partial charge in [0.1, 0.15) is 18.0 Å². The van der Waals surface area contributed by atoms with Gasteiger partial charge in [0.2, 0.25) is 5.82 Å². The van der Waals surface area contributed by atoms with Gasteiger partial charge in [-0.1, -0.05) is 50.2 Å². The fourth-order valence-corrected chi connectivity index (χ4v) is 15.8. The van der Waals surface area contributed by atoms with Crippen molar-refractivity contribution in [2.24, 2.45) is 17.8 Å². The van der Waals surface area contributed by atoms with Crippen molar-refractivity contribution in [3.63, 3.8) is 0 Å². The predicted molar refractivity (Wildman–Crippen MR) is 393 cm³/mol. The summed E-state index contributed by atoms with van der Waals surface area (Å²) in [5.74, 6) is 5.20. The lowest BCUT2D eigenvalue weighted by Crippen LogP contribution is -2.34. The molecule has 0 saturated carbocycles. The van der Waals surface area contributed by atoms with E-state index in [4.69, 9.17) is 10.5 Å². The standard InChI is InChI=1S/2C28H29N7.C24H23FN6/c1-19-30-31-28-27-13-23(22-6-4-20(14-29)5-7-22)17-34(27)18-24-12-25(8-9-26(24)35(19)28)33-11-10-21(16-33)15-32(2)3;1-2-10-30-15-21-9-11-33(16-21)25-7-8-26-24(12-25)18-34-17-23(22-5-3-20(14-29)4-6-22)13-27(34)28-32-31-19-35(26)28;1-16-3-2-10-29(13-16)21-8-9-22-19(11-21)15-30-14-18(17-4-6-20(25)7-5-17)12-23(30)24-26-27-28-31(22)24/h4-9,12-13,17,21H,10-11,15-16,18H2,1-3H3;3-8,12-13,17,19,21,30H,2,9-11,15-16,18H2,1H3;4-9,11-12,14,16H,2-3,10,13,15H2,1H3/t21-;;/m1../s1. The zero-order chi connectivity index (χ0) is 68.8. The van der Waals surface area contributed by atoms with E-state index < -0.39 is 0 Å². The molecule has 18 rings (SSSR count). The number of fused-ring (bicyclic) bond motifs is 15. The van der Waals surface area contributed by atoms with Crippen LogP contribution < -0.4 is 20.0 Å². The van der Waals surface area contributed by atoms with Gasteiger partial charge in [-0.3, -0.25) is 9.13 Å². The van der Waals surface area contributed by atoms with Crippen LogP contribution in [0.3, 0.4) is 0 Å². The second-order valence-corrected chi connectivity index (χ2v) is 28.3. The van der Waals surface area contributed by atoms with Crippen molar-refractivity contribution in [3.8, 4) is 97.1 Å². The summed E-state index contributed by atoms with van der Waals surface area (Å²) < 4.78 is 26.2. The molecule has 2 unspecified atom stereocenters. The van der Waals surface area contributed by atoms with Gasteiger partial charge in [0.05, 0.1) is 57.4 Å². The van der Waals surface area contributed by atoms with Crippen LogP contribution in [-0.2, 0) is 19.6 Å². The minimum absolute atomic E-state index is 0.234. The van der Waals surface area contributed by atoms with Crippen molar-refractivity contribution in [2.75, 3.05) is 87.7 Å². The van der Waals surface area contributed by atoms with Crippen molar-refractivity contribution in [1.82, 2.24) is 73.7 Å². The maximum absolute atomic E-state index is 13.4. The van der Waals surface area contributed by atoms with Gasteiger partial charge in [0, 0.05) is 118 Å². The smallest absolute Gasteiger partial charge is 0.203 e. The van der Waals surface area contributed by atoms with E-state index in [0.29, 0.717) is 41.2 Å². The highest BCUT2D eigenvalue weighted by atomic mass is 19.1. The SMILES string of the molecule is CC1CCCN(c2ccc3c(c2)Cn2cc(-c4ccc(F)cc4)cc2-c2nnnn2-3)C1.CCCNCC1CCN(c2ccc3c(c2)Cn2cc(-c4ccc(C#N)cc4)cc2-c2nncn2-3)C1.Cc1nnc2n1-c1ccc(N3CC[C@H](CN(C)C)C3)cc1Cn1cc(-c3ccc(C#N)cc3)cc1-2. The summed E-state index contributed by atoms with van der Waals surface area (Å²) in [6.45, 7) is 18.8. The van der Waals surface area contributed by atoms with Crippen molar-refractivity contribution in [1.29, 1.82) is 10.5 Å². The molecule has 20 nitrogen and oxygen atoms in total. The Morgan fingerprint density at radius 2 is 1.07 bits per heavy atom. The molecule has 508 valence electrons. The first-order chi connectivity index (χ1) is 49.4. The van der Waals surface area contributed by atoms with E-state index in [1.807, 2.05) is 66.5 Å². The average molecular weight is 1340 g/mol. The quantitative estimate of drug-likeness (QED) is 0.114. The molecule has 6 aliphatic heterocycles. The van der Waals surface area contributed by atoms with Crippen molar-refractivity contribution < 1.29 is 4.39 Å². The highest BCUT2D eigenvalue weighted by Crippen LogP contribution is 2.41. The summed E-state index contributed by atoms with van der Waals surface area (Å²) in [4.78, 5) is 9.83. The monoisotopic (exact) mass is 1340 g/mol. The first-order valence-corrected chi connectivity index (χ1v) is 35.4. The van der Waals surface area contributed by atoms with Crippen LogP contribution in [0.4, 0.5) is 21.5 Å². The predicted octanol–water partition coefficient (Wildman–Crippen LogP) is 13.3. The third kappa shape index (κ3) is 12.9. The first-order valence-electron chi connectivity index (χ1n) is 35.4. The minimum Gasteiger partial charge on any atom is -0.371 e. The molecule has 101 heavy (non-hydrogen) atoms. The summed E-state index contributed by atoms with van der Waals surface area (Å²) in [6, 6.07) is 53.1. The first kappa shape index (κ1) is 64.4. The lowest BCUT2D eigenvalue weighted by molar-refractivity contribution is 0.340. The van der Waals surface area contributed by atoms with Crippen LogP contribution >= 0.6 is 0 Å². The maximum Gasteiger partial charge on any atom is 0.203 e. The number of nitriles is 2. The van der Waals surface area contributed by atoms with E-state index >= 15 is 0 Å². The molecule has 6 aromatic carbocycles. The number of rotatable bonds is 12. The number of anilines is 3. The summed E-state index contributed by atoms with van der Waals surface area (Å²) >= 11 is 0. The lowest BCUT2D eigenvalue weighted by atomic mass is 9.99. The normalized spacial score (nSPS) is 16.8. The molecular weight excluding hydrogens is 1260 g/mol. The molecule has 21 heteroatoms. The van der Waals surface area contributed by atoms with Crippen molar-refractivity contribution in [2.45, 2.75) is 72.5 Å². The van der Waals surface area contributed by atoms with E-state index in [1.54, 1.807) is 12.1 Å². The largest absolute Gasteiger partial charge is 0.371 e. The van der Waals surface area contributed by atoms with Crippen LogP contribution in [-0.4, -0.2) is 141 Å². The Morgan fingerprint density at radius 3 is 1.65 bits per heavy atom. The van der Waals surface area contributed by atoms with E-state index in [-0.39, 0.29) is 5.82 Å². The highest BCUT2D eigenvalue weighted by Gasteiger charge is 2.31. The molecule has 0 amide bonds. The summed E-state index contributed by atoms with van der Waals surface area (Å²) in [6.07, 6.45) is 14.5. The second kappa shape index (κ2) is 27.5. The van der Waals surface area contributed by atoms with Gasteiger partial charge >= 0.3 is 0 Å². The number of piperidine rings is 1. The second-order valence-electron chi connectivity index (χ2n) is 28.3. The van der Waals surface area contributed by atoms with E-state index in [0.717, 1.165) is 157 Å². The Kier molecular flexibility index (Phi) is 17.5. The molecular formula is C80H81FN20. The number of nitrogens with one attached hydrogen (secondary N) is 1. The van der Waals surface area contributed by atoms with Crippen LogP contribution in [0.1, 0.15) is 79.6 Å². The third-order valence-electron chi connectivity index (χ3n) is 20.8. The number of hydrogen-bond donors (Lipinski definition) is 1. The van der Waals surface area contributed by atoms with E-state index in [1.165, 1.54) is 78.0 Å². The Labute approximate surface area is 587 Å². The molecule has 6 aliphatic rings. The number of halogens is 1. The molecule has 3 saturated heterocycles. The van der Waals surface area contributed by atoms with E-state index in [9.17, 15) is 4.39 Å². The average Bonchev–Trinajstić information content (AvgIpc) is 1.61. The zero-order valence-corrected chi connectivity index (χ0v) is 57.8. The lowest BCUT2D eigenvalue weighted by Gasteiger charge is -2.33. The fraction of sp³-hybridized carbons (Fsp3) is 0.312. The zero-order valence-electron chi connectivity index (χ0n) is 57.8. The third-order valence-corrected chi connectivity index (χ3v) is 20.8. The number of aryl methyl sites for hydroxylation is 1. The number of nitrogens with zero attached hydrogens (tertiary/aromatic N) is 19. The van der Waals surface area contributed by atoms with Gasteiger partial charge in [0.25, 0.3) is 0 Å². The van der Waals surface area contributed by atoms with Gasteiger partial charge in [-0.25, -0.2) is 4.39 Å². The van der Waals surface area contributed by atoms with Crippen LogP contribution in [0.5, 0.6) is 0 Å². The Morgan fingerprint density at radius 1 is 0.545 bits per heavy atom. The fourth-order valence-electron chi connectivity index (χ4n) is 15.8. The van der Waals surface area contributed by atoms with Crippen LogP contribution in [0.15, 0.2) is 171 Å². The van der Waals surface area contributed by atoms with Gasteiger partial charge in [0.15, 0.2) is 11.6 Å². The molecule has 3 fully saturated rings. The molecule has 6 aromatic heterocycles. The molecule has 12 heterocycles. The number of aromatic nitrogens is 13.